The lowest BCUT2D eigenvalue weighted by atomic mass is 10.1. The van der Waals surface area contributed by atoms with Gasteiger partial charge in [-0.1, -0.05) is 18.2 Å². The van der Waals surface area contributed by atoms with Crippen LogP contribution in [0.4, 0.5) is 13.2 Å². The number of carbonyl (C=O) groups excluding carboxylic acids is 1. The number of rotatable bonds is 6. The summed E-state index contributed by atoms with van der Waals surface area (Å²) in [5.41, 5.74) is -0.611. The van der Waals surface area contributed by atoms with Crippen LogP contribution < -0.4 is 10.6 Å². The van der Waals surface area contributed by atoms with E-state index in [9.17, 15) is 18.0 Å². The van der Waals surface area contributed by atoms with Gasteiger partial charge in [0, 0.05) is 25.6 Å². The number of halogens is 3. The molecule has 6 heteroatoms. The minimum Gasteiger partial charge on any atom is -0.352 e. The number of carbonyl (C=O) groups is 1. The Bertz CT molecular complexity index is 470. The minimum atomic E-state index is -4.39. The summed E-state index contributed by atoms with van der Waals surface area (Å²) in [6, 6.07) is 5.80. The van der Waals surface area contributed by atoms with E-state index in [2.05, 4.69) is 10.6 Å². The first-order valence-electron chi connectivity index (χ1n) is 6.62. The molecular weight excluding hydrogens is 269 g/mol. The van der Waals surface area contributed by atoms with Crippen LogP contribution in [0.3, 0.4) is 0 Å². The van der Waals surface area contributed by atoms with Crippen LogP contribution in [0.25, 0.3) is 0 Å². The van der Waals surface area contributed by atoms with Crippen LogP contribution in [-0.4, -0.2) is 18.5 Å². The van der Waals surface area contributed by atoms with Gasteiger partial charge in [0.1, 0.15) is 0 Å². The summed E-state index contributed by atoms with van der Waals surface area (Å²) in [5.74, 6) is -0.241. The Labute approximate surface area is 115 Å². The van der Waals surface area contributed by atoms with Crippen molar-refractivity contribution in [3.05, 3.63) is 35.4 Å². The van der Waals surface area contributed by atoms with Gasteiger partial charge in [-0.3, -0.25) is 4.79 Å². The van der Waals surface area contributed by atoms with E-state index in [0.717, 1.165) is 18.9 Å². The normalized spacial score (nSPS) is 15.2. The first-order chi connectivity index (χ1) is 9.47. The van der Waals surface area contributed by atoms with E-state index in [1.165, 1.54) is 18.2 Å². The Kier molecular flexibility index (Phi) is 4.65. The van der Waals surface area contributed by atoms with Gasteiger partial charge in [-0.25, -0.2) is 0 Å². The zero-order valence-electron chi connectivity index (χ0n) is 11.0. The summed E-state index contributed by atoms with van der Waals surface area (Å²) < 4.78 is 38.2. The molecular formula is C14H17F3N2O. The van der Waals surface area contributed by atoms with Crippen molar-refractivity contribution in [1.29, 1.82) is 0 Å². The first-order valence-corrected chi connectivity index (χ1v) is 6.62. The monoisotopic (exact) mass is 286 g/mol. The average Bonchev–Trinajstić information content (AvgIpc) is 3.20. The molecule has 0 bridgehead atoms. The van der Waals surface area contributed by atoms with Crippen molar-refractivity contribution < 1.29 is 18.0 Å². The van der Waals surface area contributed by atoms with Gasteiger partial charge in [-0.15, -0.1) is 0 Å². The fourth-order valence-corrected chi connectivity index (χ4v) is 1.91. The molecule has 1 fully saturated rings. The van der Waals surface area contributed by atoms with Crippen LogP contribution in [0, 0.1) is 0 Å². The highest BCUT2D eigenvalue weighted by atomic mass is 19.4. The summed E-state index contributed by atoms with van der Waals surface area (Å²) in [6.07, 6.45) is -1.83. The highest BCUT2D eigenvalue weighted by molar-refractivity contribution is 5.76. The largest absolute Gasteiger partial charge is 0.416 e. The summed E-state index contributed by atoms with van der Waals surface area (Å²) in [5, 5.41) is 5.71. The highest BCUT2D eigenvalue weighted by Crippen LogP contribution is 2.31. The maximum Gasteiger partial charge on any atom is 0.416 e. The lowest BCUT2D eigenvalue weighted by Gasteiger charge is -2.13. The second-order valence-electron chi connectivity index (χ2n) is 4.91. The van der Waals surface area contributed by atoms with Gasteiger partial charge >= 0.3 is 6.18 Å². The SMILES string of the molecule is O=C(CCNC1CC1)NCc1ccccc1C(F)(F)F. The number of alkyl halides is 3. The Morgan fingerprint density at radius 2 is 1.95 bits per heavy atom. The Balaban J connectivity index is 1.82. The molecule has 2 rings (SSSR count). The van der Waals surface area contributed by atoms with E-state index in [1.807, 2.05) is 0 Å². The molecule has 0 aromatic heterocycles. The maximum atomic E-state index is 12.7. The summed E-state index contributed by atoms with van der Waals surface area (Å²) in [4.78, 5) is 11.5. The molecule has 1 aliphatic carbocycles. The second kappa shape index (κ2) is 6.26. The quantitative estimate of drug-likeness (QED) is 0.843. The van der Waals surface area contributed by atoms with Crippen LogP contribution in [0.5, 0.6) is 0 Å². The van der Waals surface area contributed by atoms with Gasteiger partial charge in [-0.05, 0) is 24.5 Å². The van der Waals surface area contributed by atoms with Crippen molar-refractivity contribution in [3.63, 3.8) is 0 Å². The Hall–Kier alpha value is -1.56. The van der Waals surface area contributed by atoms with Crippen molar-refractivity contribution in [2.24, 2.45) is 0 Å². The van der Waals surface area contributed by atoms with E-state index < -0.39 is 11.7 Å². The van der Waals surface area contributed by atoms with Crippen molar-refractivity contribution in [2.75, 3.05) is 6.54 Å². The number of hydrogen-bond donors (Lipinski definition) is 2. The molecule has 0 unspecified atom stereocenters. The van der Waals surface area contributed by atoms with Crippen LogP contribution in [-0.2, 0) is 17.5 Å². The number of benzene rings is 1. The van der Waals surface area contributed by atoms with E-state index in [-0.39, 0.29) is 24.4 Å². The van der Waals surface area contributed by atoms with E-state index >= 15 is 0 Å². The molecule has 2 N–H and O–H groups in total. The van der Waals surface area contributed by atoms with Crippen LogP contribution in [0.15, 0.2) is 24.3 Å². The summed E-state index contributed by atoms with van der Waals surface area (Å²) in [7, 11) is 0. The van der Waals surface area contributed by atoms with Gasteiger partial charge in [-0.2, -0.15) is 13.2 Å². The molecule has 110 valence electrons. The Morgan fingerprint density at radius 3 is 2.60 bits per heavy atom. The molecule has 1 aromatic rings. The zero-order valence-corrected chi connectivity index (χ0v) is 11.0. The molecule has 1 aliphatic rings. The van der Waals surface area contributed by atoms with Gasteiger partial charge in [0.2, 0.25) is 5.91 Å². The molecule has 0 aliphatic heterocycles. The first kappa shape index (κ1) is 14.8. The van der Waals surface area contributed by atoms with E-state index in [1.54, 1.807) is 0 Å². The average molecular weight is 286 g/mol. The van der Waals surface area contributed by atoms with Crippen molar-refractivity contribution in [3.8, 4) is 0 Å². The molecule has 20 heavy (non-hydrogen) atoms. The summed E-state index contributed by atoms with van der Waals surface area (Å²) >= 11 is 0. The number of nitrogens with one attached hydrogen (secondary N) is 2. The standard InChI is InChI=1S/C14H17F3N2O/c15-14(16,17)12-4-2-1-3-10(12)9-19-13(20)7-8-18-11-5-6-11/h1-4,11,18H,5-9H2,(H,19,20). The minimum absolute atomic E-state index is 0.0866. The van der Waals surface area contributed by atoms with Gasteiger partial charge in [0.15, 0.2) is 0 Å². The van der Waals surface area contributed by atoms with Crippen LogP contribution in [0.2, 0.25) is 0 Å². The molecule has 1 saturated carbocycles. The smallest absolute Gasteiger partial charge is 0.352 e. The second-order valence-corrected chi connectivity index (χ2v) is 4.91. The van der Waals surface area contributed by atoms with Crippen molar-refractivity contribution >= 4 is 5.91 Å². The zero-order chi connectivity index (χ0) is 14.6. The third kappa shape index (κ3) is 4.52. The molecule has 0 atom stereocenters. The van der Waals surface area contributed by atoms with Crippen LogP contribution in [0.1, 0.15) is 30.4 Å². The number of hydrogen-bond acceptors (Lipinski definition) is 2. The molecule has 0 saturated heterocycles. The lowest BCUT2D eigenvalue weighted by molar-refractivity contribution is -0.138. The molecule has 1 aromatic carbocycles. The molecule has 3 nitrogen and oxygen atoms in total. The fraction of sp³-hybridized carbons (Fsp3) is 0.500. The molecule has 0 spiro atoms. The molecule has 1 amide bonds. The third-order valence-corrected chi connectivity index (χ3v) is 3.16. The predicted octanol–water partition coefficient (Wildman–Crippen LogP) is 2.46. The third-order valence-electron chi connectivity index (χ3n) is 3.16. The summed E-state index contributed by atoms with van der Waals surface area (Å²) in [6.45, 7) is 0.468. The predicted molar refractivity (Wildman–Crippen MR) is 68.9 cm³/mol. The van der Waals surface area contributed by atoms with Gasteiger partial charge in [0.25, 0.3) is 0 Å². The van der Waals surface area contributed by atoms with Crippen molar-refractivity contribution in [1.82, 2.24) is 10.6 Å². The number of amides is 1. The topological polar surface area (TPSA) is 41.1 Å². The van der Waals surface area contributed by atoms with Crippen LogP contribution >= 0.6 is 0 Å². The van der Waals surface area contributed by atoms with Crippen molar-refractivity contribution in [2.45, 2.75) is 38.0 Å². The maximum absolute atomic E-state index is 12.7. The lowest BCUT2D eigenvalue weighted by Crippen LogP contribution is -2.28. The molecule has 0 radical (unpaired) electrons. The van der Waals surface area contributed by atoms with E-state index in [0.29, 0.717) is 12.6 Å². The van der Waals surface area contributed by atoms with E-state index in [4.69, 9.17) is 0 Å². The van der Waals surface area contributed by atoms with Gasteiger partial charge in [0.05, 0.1) is 5.56 Å². The fourth-order valence-electron chi connectivity index (χ4n) is 1.91. The van der Waals surface area contributed by atoms with Gasteiger partial charge < -0.3 is 10.6 Å². The Morgan fingerprint density at radius 1 is 1.25 bits per heavy atom. The highest BCUT2D eigenvalue weighted by Gasteiger charge is 2.32. The molecule has 0 heterocycles.